The molecule has 0 unspecified atom stereocenters. The highest BCUT2D eigenvalue weighted by molar-refractivity contribution is 5.91. The van der Waals surface area contributed by atoms with Crippen molar-refractivity contribution in [3.8, 4) is 0 Å². The highest BCUT2D eigenvalue weighted by Crippen LogP contribution is 2.13. The van der Waals surface area contributed by atoms with Gasteiger partial charge in [0.25, 0.3) is 0 Å². The van der Waals surface area contributed by atoms with Gasteiger partial charge in [-0.3, -0.25) is 0 Å². The summed E-state index contributed by atoms with van der Waals surface area (Å²) in [4.78, 5) is 12.0. The molecule has 0 N–H and O–H groups in total. The summed E-state index contributed by atoms with van der Waals surface area (Å²) in [5, 5.41) is 0. The van der Waals surface area contributed by atoms with Crippen molar-refractivity contribution in [2.24, 2.45) is 0 Å². The molecule has 98 valence electrons. The molecule has 2 heteroatoms. The van der Waals surface area contributed by atoms with Gasteiger partial charge >= 0.3 is 5.97 Å². The number of esters is 1. The summed E-state index contributed by atoms with van der Waals surface area (Å²) in [7, 11) is 0. The Morgan fingerprint density at radius 1 is 0.947 bits per heavy atom. The van der Waals surface area contributed by atoms with Crippen LogP contribution in [0.3, 0.4) is 0 Å². The Morgan fingerprint density at radius 2 is 1.58 bits per heavy atom. The third-order valence-corrected chi connectivity index (χ3v) is 3.09. The van der Waals surface area contributed by atoms with Crippen molar-refractivity contribution in [3.63, 3.8) is 0 Å². The molecule has 2 aromatic carbocycles. The number of rotatable bonds is 3. The molecule has 0 fully saturated rings. The second-order valence-electron chi connectivity index (χ2n) is 4.88. The molecular weight excluding hydrogens is 236 g/mol. The second kappa shape index (κ2) is 5.70. The number of carbonyl (C=O) groups excluding carboxylic acids is 1. The van der Waals surface area contributed by atoms with Gasteiger partial charge < -0.3 is 4.74 Å². The molecular formula is C17H18O2. The molecule has 0 saturated heterocycles. The summed E-state index contributed by atoms with van der Waals surface area (Å²) >= 11 is 0. The lowest BCUT2D eigenvalue weighted by molar-refractivity contribution is 0.0472. The van der Waals surface area contributed by atoms with Gasteiger partial charge in [-0.15, -0.1) is 0 Å². The van der Waals surface area contributed by atoms with Gasteiger partial charge in [-0.2, -0.15) is 0 Å². The summed E-state index contributed by atoms with van der Waals surface area (Å²) in [5.74, 6) is -0.266. The van der Waals surface area contributed by atoms with Gasteiger partial charge in [0.15, 0.2) is 0 Å². The zero-order valence-corrected chi connectivity index (χ0v) is 11.6. The number of aryl methyl sites for hydroxylation is 3. The van der Waals surface area contributed by atoms with Crippen molar-refractivity contribution < 1.29 is 9.53 Å². The van der Waals surface area contributed by atoms with Crippen LogP contribution in [0.25, 0.3) is 0 Å². The lowest BCUT2D eigenvalue weighted by atomic mass is 10.1. The van der Waals surface area contributed by atoms with E-state index in [0.717, 1.165) is 16.7 Å². The van der Waals surface area contributed by atoms with Crippen LogP contribution in [0.15, 0.2) is 42.5 Å². The summed E-state index contributed by atoms with van der Waals surface area (Å²) in [6.07, 6.45) is 0. The van der Waals surface area contributed by atoms with Crippen molar-refractivity contribution in [2.75, 3.05) is 0 Å². The monoisotopic (exact) mass is 254 g/mol. The van der Waals surface area contributed by atoms with Gasteiger partial charge in [0.1, 0.15) is 6.61 Å². The van der Waals surface area contributed by atoms with Gasteiger partial charge in [0.2, 0.25) is 0 Å². The average Bonchev–Trinajstić information content (AvgIpc) is 2.37. The van der Waals surface area contributed by atoms with E-state index in [0.29, 0.717) is 12.2 Å². The standard InChI is InChI=1S/C17H18O2/c1-12-4-7-15(8-5-12)11-19-17(18)16-9-6-13(2)10-14(16)3/h4-10H,11H2,1-3H3. The third-order valence-electron chi connectivity index (χ3n) is 3.09. The van der Waals surface area contributed by atoms with Gasteiger partial charge in [0.05, 0.1) is 5.56 Å². The van der Waals surface area contributed by atoms with E-state index in [4.69, 9.17) is 4.74 Å². The maximum Gasteiger partial charge on any atom is 0.338 e. The van der Waals surface area contributed by atoms with E-state index in [-0.39, 0.29) is 5.97 Å². The van der Waals surface area contributed by atoms with Crippen LogP contribution in [-0.4, -0.2) is 5.97 Å². The Balaban J connectivity index is 2.03. The van der Waals surface area contributed by atoms with Crippen molar-refractivity contribution >= 4 is 5.97 Å². The van der Waals surface area contributed by atoms with E-state index in [1.807, 2.05) is 63.2 Å². The molecule has 0 heterocycles. The van der Waals surface area contributed by atoms with Crippen molar-refractivity contribution in [3.05, 3.63) is 70.3 Å². The van der Waals surface area contributed by atoms with E-state index in [9.17, 15) is 4.79 Å². The molecule has 0 radical (unpaired) electrons. The fourth-order valence-electron chi connectivity index (χ4n) is 1.95. The molecule has 0 saturated carbocycles. The minimum absolute atomic E-state index is 0.266. The number of hydrogen-bond acceptors (Lipinski definition) is 2. The molecule has 0 atom stereocenters. The normalized spacial score (nSPS) is 10.3. The quantitative estimate of drug-likeness (QED) is 0.775. The van der Waals surface area contributed by atoms with Crippen LogP contribution in [0.5, 0.6) is 0 Å². The summed E-state index contributed by atoms with van der Waals surface area (Å²) in [6.45, 7) is 6.28. The van der Waals surface area contributed by atoms with E-state index >= 15 is 0 Å². The second-order valence-corrected chi connectivity index (χ2v) is 4.88. The van der Waals surface area contributed by atoms with Crippen LogP contribution in [0.2, 0.25) is 0 Å². The Bertz CT molecular complexity index is 583. The molecule has 0 spiro atoms. The van der Waals surface area contributed by atoms with Crippen molar-refractivity contribution in [1.29, 1.82) is 0 Å². The first kappa shape index (κ1) is 13.3. The van der Waals surface area contributed by atoms with E-state index in [1.165, 1.54) is 5.56 Å². The smallest absolute Gasteiger partial charge is 0.338 e. The van der Waals surface area contributed by atoms with E-state index < -0.39 is 0 Å². The first-order valence-corrected chi connectivity index (χ1v) is 6.36. The lowest BCUT2D eigenvalue weighted by Crippen LogP contribution is -2.07. The van der Waals surface area contributed by atoms with E-state index in [2.05, 4.69) is 0 Å². The molecule has 19 heavy (non-hydrogen) atoms. The van der Waals surface area contributed by atoms with Crippen LogP contribution in [0, 0.1) is 20.8 Å². The molecule has 0 amide bonds. The zero-order chi connectivity index (χ0) is 13.8. The molecule has 0 aromatic heterocycles. The predicted octanol–water partition coefficient (Wildman–Crippen LogP) is 3.97. The van der Waals surface area contributed by atoms with Crippen molar-refractivity contribution in [1.82, 2.24) is 0 Å². The fourth-order valence-corrected chi connectivity index (χ4v) is 1.95. The summed E-state index contributed by atoms with van der Waals surface area (Å²) in [6, 6.07) is 13.7. The number of ether oxygens (including phenoxy) is 1. The predicted molar refractivity (Wildman–Crippen MR) is 76.2 cm³/mol. The fraction of sp³-hybridized carbons (Fsp3) is 0.235. The van der Waals surface area contributed by atoms with E-state index in [1.54, 1.807) is 0 Å². The number of benzene rings is 2. The van der Waals surface area contributed by atoms with Crippen LogP contribution in [-0.2, 0) is 11.3 Å². The molecule has 2 aromatic rings. The van der Waals surface area contributed by atoms with Crippen LogP contribution in [0.1, 0.15) is 32.6 Å². The van der Waals surface area contributed by atoms with Gasteiger partial charge in [-0.25, -0.2) is 4.79 Å². The molecule has 2 rings (SSSR count). The van der Waals surface area contributed by atoms with Gasteiger partial charge in [0, 0.05) is 0 Å². The first-order chi connectivity index (χ1) is 9.06. The summed E-state index contributed by atoms with van der Waals surface area (Å²) < 4.78 is 5.34. The van der Waals surface area contributed by atoms with Crippen LogP contribution >= 0.6 is 0 Å². The SMILES string of the molecule is Cc1ccc(COC(=O)c2ccc(C)cc2C)cc1. The Hall–Kier alpha value is -2.09. The highest BCUT2D eigenvalue weighted by Gasteiger charge is 2.10. The minimum Gasteiger partial charge on any atom is -0.457 e. The maximum atomic E-state index is 12.0. The highest BCUT2D eigenvalue weighted by atomic mass is 16.5. The molecule has 0 aliphatic heterocycles. The Kier molecular flexibility index (Phi) is 4.00. The largest absolute Gasteiger partial charge is 0.457 e. The maximum absolute atomic E-state index is 12.0. The van der Waals surface area contributed by atoms with Crippen LogP contribution < -0.4 is 0 Å². The van der Waals surface area contributed by atoms with Gasteiger partial charge in [-0.05, 0) is 38.0 Å². The molecule has 0 aliphatic rings. The first-order valence-electron chi connectivity index (χ1n) is 6.36. The Labute approximate surface area is 114 Å². The zero-order valence-electron chi connectivity index (χ0n) is 11.6. The molecule has 0 bridgehead atoms. The molecule has 2 nitrogen and oxygen atoms in total. The minimum atomic E-state index is -0.266. The summed E-state index contributed by atoms with van der Waals surface area (Å²) in [5.41, 5.74) is 4.94. The average molecular weight is 254 g/mol. The van der Waals surface area contributed by atoms with Gasteiger partial charge in [-0.1, -0.05) is 47.5 Å². The third kappa shape index (κ3) is 3.44. The topological polar surface area (TPSA) is 26.3 Å². The lowest BCUT2D eigenvalue weighted by Gasteiger charge is -2.08. The van der Waals surface area contributed by atoms with Crippen molar-refractivity contribution in [2.45, 2.75) is 27.4 Å². The Morgan fingerprint density at radius 3 is 2.21 bits per heavy atom. The van der Waals surface area contributed by atoms with Crippen LogP contribution in [0.4, 0.5) is 0 Å². The number of carbonyl (C=O) groups is 1. The molecule has 0 aliphatic carbocycles. The number of hydrogen-bond donors (Lipinski definition) is 0.